The van der Waals surface area contributed by atoms with Crippen molar-refractivity contribution in [1.82, 2.24) is 0 Å². The molecular weight excluding hydrogens is 244 g/mol. The number of nitrogens with two attached hydrogens (primary N) is 1. The van der Waals surface area contributed by atoms with Gasteiger partial charge in [-0.15, -0.1) is 0 Å². The number of nitrogens with one attached hydrogen (secondary N) is 1. The van der Waals surface area contributed by atoms with E-state index >= 15 is 0 Å². The van der Waals surface area contributed by atoms with Gasteiger partial charge in [-0.1, -0.05) is 0 Å². The van der Waals surface area contributed by atoms with Crippen molar-refractivity contribution >= 4 is 32.7 Å². The Bertz CT molecular complexity index is 559. The monoisotopic (exact) mass is 254 g/mol. The summed E-state index contributed by atoms with van der Waals surface area (Å²) in [5.74, 6) is 0. The molecule has 6 heteroatoms. The first-order chi connectivity index (χ1) is 7.58. The van der Waals surface area contributed by atoms with Gasteiger partial charge in [0, 0.05) is 11.1 Å². The predicted molar refractivity (Wildman–Crippen MR) is 66.0 cm³/mol. The SMILES string of the molecule is Nc1ccc(S(=O)(=O)Nc2ccsc2)cc1. The van der Waals surface area contributed by atoms with Crippen LogP contribution in [-0.4, -0.2) is 8.42 Å². The number of rotatable bonds is 3. The zero-order valence-electron chi connectivity index (χ0n) is 8.25. The van der Waals surface area contributed by atoms with Crippen LogP contribution < -0.4 is 10.5 Å². The summed E-state index contributed by atoms with van der Waals surface area (Å²) in [7, 11) is -3.50. The molecule has 84 valence electrons. The van der Waals surface area contributed by atoms with Crippen LogP contribution >= 0.6 is 11.3 Å². The van der Waals surface area contributed by atoms with Crippen LogP contribution in [0, 0.1) is 0 Å². The van der Waals surface area contributed by atoms with Gasteiger partial charge in [-0.2, -0.15) is 11.3 Å². The molecule has 1 aromatic heterocycles. The second-order valence-electron chi connectivity index (χ2n) is 3.19. The number of anilines is 2. The molecule has 0 atom stereocenters. The van der Waals surface area contributed by atoms with E-state index in [-0.39, 0.29) is 4.90 Å². The lowest BCUT2D eigenvalue weighted by molar-refractivity contribution is 0.601. The molecule has 1 aromatic carbocycles. The minimum atomic E-state index is -3.50. The first-order valence-corrected chi connectivity index (χ1v) is 6.91. The van der Waals surface area contributed by atoms with Gasteiger partial charge in [0.2, 0.25) is 0 Å². The molecular formula is C10H10N2O2S2. The maximum Gasteiger partial charge on any atom is 0.261 e. The van der Waals surface area contributed by atoms with Crippen molar-refractivity contribution in [3.8, 4) is 0 Å². The Morgan fingerprint density at radius 1 is 1.12 bits per heavy atom. The Labute approximate surface area is 97.8 Å². The zero-order valence-corrected chi connectivity index (χ0v) is 9.88. The summed E-state index contributed by atoms with van der Waals surface area (Å²) in [5, 5.41) is 3.54. The number of thiophene rings is 1. The van der Waals surface area contributed by atoms with Gasteiger partial charge in [0.05, 0.1) is 10.6 Å². The van der Waals surface area contributed by atoms with Crippen LogP contribution in [0.2, 0.25) is 0 Å². The molecule has 3 N–H and O–H groups in total. The molecule has 2 rings (SSSR count). The van der Waals surface area contributed by atoms with E-state index in [0.717, 1.165) is 0 Å². The molecule has 4 nitrogen and oxygen atoms in total. The van der Waals surface area contributed by atoms with E-state index in [1.165, 1.54) is 23.5 Å². The molecule has 0 aliphatic carbocycles. The highest BCUT2D eigenvalue weighted by molar-refractivity contribution is 7.92. The second kappa shape index (κ2) is 4.15. The number of benzene rings is 1. The molecule has 1 heterocycles. The molecule has 0 radical (unpaired) electrons. The second-order valence-corrected chi connectivity index (χ2v) is 5.65. The standard InChI is InChI=1S/C10H10N2O2S2/c11-8-1-3-10(4-2-8)16(13,14)12-9-5-6-15-7-9/h1-7,12H,11H2. The Balaban J connectivity index is 2.29. The molecule has 0 unspecified atom stereocenters. The van der Waals surface area contributed by atoms with Gasteiger partial charge in [-0.05, 0) is 35.7 Å². The summed E-state index contributed by atoms with van der Waals surface area (Å²) in [6.07, 6.45) is 0. The van der Waals surface area contributed by atoms with Gasteiger partial charge in [-0.3, -0.25) is 4.72 Å². The Morgan fingerprint density at radius 2 is 1.81 bits per heavy atom. The van der Waals surface area contributed by atoms with Crippen LogP contribution in [0.15, 0.2) is 46.0 Å². The number of nitrogen functional groups attached to an aromatic ring is 1. The van der Waals surface area contributed by atoms with Gasteiger partial charge in [0.1, 0.15) is 0 Å². The predicted octanol–water partition coefficient (Wildman–Crippen LogP) is 2.13. The molecule has 0 saturated heterocycles. The van der Waals surface area contributed by atoms with E-state index in [0.29, 0.717) is 11.4 Å². The van der Waals surface area contributed by atoms with E-state index in [1.807, 2.05) is 0 Å². The van der Waals surface area contributed by atoms with Crippen LogP contribution in [0.5, 0.6) is 0 Å². The van der Waals surface area contributed by atoms with Crippen LogP contribution in [0.4, 0.5) is 11.4 Å². The molecule has 0 aliphatic rings. The lowest BCUT2D eigenvalue weighted by atomic mass is 10.3. The topological polar surface area (TPSA) is 72.2 Å². The number of sulfonamides is 1. The number of hydrogen-bond donors (Lipinski definition) is 2. The fourth-order valence-corrected chi connectivity index (χ4v) is 2.90. The van der Waals surface area contributed by atoms with Gasteiger partial charge in [0.15, 0.2) is 0 Å². The molecule has 0 amide bonds. The fraction of sp³-hybridized carbons (Fsp3) is 0. The molecule has 0 saturated carbocycles. The maximum atomic E-state index is 11.9. The first-order valence-electron chi connectivity index (χ1n) is 4.48. The van der Waals surface area contributed by atoms with Crippen molar-refractivity contribution in [1.29, 1.82) is 0 Å². The molecule has 2 aromatic rings. The fourth-order valence-electron chi connectivity index (χ4n) is 1.18. The van der Waals surface area contributed by atoms with Crippen molar-refractivity contribution in [2.75, 3.05) is 10.5 Å². The first kappa shape index (κ1) is 11.0. The van der Waals surface area contributed by atoms with Gasteiger partial charge in [-0.25, -0.2) is 8.42 Å². The lowest BCUT2D eigenvalue weighted by Crippen LogP contribution is -2.12. The third kappa shape index (κ3) is 2.34. The lowest BCUT2D eigenvalue weighted by Gasteiger charge is -2.05. The molecule has 0 bridgehead atoms. The van der Waals surface area contributed by atoms with Gasteiger partial charge in [0.25, 0.3) is 10.0 Å². The highest BCUT2D eigenvalue weighted by Crippen LogP contribution is 2.18. The summed E-state index contributed by atoms with van der Waals surface area (Å²) in [6.45, 7) is 0. The highest BCUT2D eigenvalue weighted by Gasteiger charge is 2.13. The zero-order chi connectivity index (χ0) is 11.6. The smallest absolute Gasteiger partial charge is 0.261 e. The van der Waals surface area contributed by atoms with Crippen molar-refractivity contribution in [3.63, 3.8) is 0 Å². The normalized spacial score (nSPS) is 11.2. The Kier molecular flexibility index (Phi) is 2.84. The third-order valence-electron chi connectivity index (χ3n) is 1.96. The summed E-state index contributed by atoms with van der Waals surface area (Å²) >= 11 is 1.43. The average molecular weight is 254 g/mol. The van der Waals surface area contributed by atoms with Crippen molar-refractivity contribution in [2.24, 2.45) is 0 Å². The van der Waals surface area contributed by atoms with Crippen molar-refractivity contribution in [3.05, 3.63) is 41.1 Å². The van der Waals surface area contributed by atoms with E-state index in [2.05, 4.69) is 4.72 Å². The summed E-state index contributed by atoms with van der Waals surface area (Å²) in [6, 6.07) is 7.78. The van der Waals surface area contributed by atoms with Crippen LogP contribution in [0.3, 0.4) is 0 Å². The highest BCUT2D eigenvalue weighted by atomic mass is 32.2. The number of hydrogen-bond acceptors (Lipinski definition) is 4. The van der Waals surface area contributed by atoms with E-state index in [1.54, 1.807) is 29.0 Å². The Morgan fingerprint density at radius 3 is 2.38 bits per heavy atom. The van der Waals surface area contributed by atoms with E-state index in [9.17, 15) is 8.42 Å². The quantitative estimate of drug-likeness (QED) is 0.824. The van der Waals surface area contributed by atoms with Crippen molar-refractivity contribution < 1.29 is 8.42 Å². The summed E-state index contributed by atoms with van der Waals surface area (Å²) in [4.78, 5) is 0.202. The van der Waals surface area contributed by atoms with Crippen LogP contribution in [0.1, 0.15) is 0 Å². The van der Waals surface area contributed by atoms with Gasteiger partial charge >= 0.3 is 0 Å². The minimum absolute atomic E-state index is 0.202. The average Bonchev–Trinajstić information content (AvgIpc) is 2.70. The molecule has 16 heavy (non-hydrogen) atoms. The maximum absolute atomic E-state index is 11.9. The summed E-state index contributed by atoms with van der Waals surface area (Å²) < 4.78 is 26.2. The largest absolute Gasteiger partial charge is 0.399 e. The minimum Gasteiger partial charge on any atom is -0.399 e. The van der Waals surface area contributed by atoms with Gasteiger partial charge < -0.3 is 5.73 Å². The third-order valence-corrected chi connectivity index (χ3v) is 4.04. The molecule has 0 spiro atoms. The van der Waals surface area contributed by atoms with E-state index in [4.69, 9.17) is 5.73 Å². The Hall–Kier alpha value is -1.53. The molecule has 0 fully saturated rings. The molecule has 0 aliphatic heterocycles. The van der Waals surface area contributed by atoms with Crippen LogP contribution in [-0.2, 0) is 10.0 Å². The summed E-state index contributed by atoms with van der Waals surface area (Å²) in [5.41, 5.74) is 6.60. The van der Waals surface area contributed by atoms with Crippen molar-refractivity contribution in [2.45, 2.75) is 4.90 Å². The van der Waals surface area contributed by atoms with E-state index < -0.39 is 10.0 Å². The van der Waals surface area contributed by atoms with Crippen LogP contribution in [0.25, 0.3) is 0 Å².